The summed E-state index contributed by atoms with van der Waals surface area (Å²) in [5, 5.41) is 14.2. The number of non-ortho nitro benzene ring substituents is 1. The summed E-state index contributed by atoms with van der Waals surface area (Å²) in [5.74, 6) is -1.39. The van der Waals surface area contributed by atoms with Crippen LogP contribution in [0.3, 0.4) is 0 Å². The van der Waals surface area contributed by atoms with Gasteiger partial charge in [0.1, 0.15) is 5.75 Å². The van der Waals surface area contributed by atoms with E-state index in [1.807, 2.05) is 0 Å². The number of primary amides is 1. The zero-order valence-corrected chi connectivity index (χ0v) is 18.4. The van der Waals surface area contributed by atoms with Gasteiger partial charge in [0.2, 0.25) is 11.8 Å². The van der Waals surface area contributed by atoms with Crippen molar-refractivity contribution in [2.24, 2.45) is 5.73 Å². The summed E-state index contributed by atoms with van der Waals surface area (Å²) >= 11 is 0. The Hall–Kier alpha value is -3.42. The first-order chi connectivity index (χ1) is 15.3. The second kappa shape index (κ2) is 9.80. The molecule has 0 heterocycles. The van der Waals surface area contributed by atoms with Crippen LogP contribution in [-0.2, 0) is 15.0 Å². The zero-order chi connectivity index (χ0) is 23.3. The molecule has 170 valence electrons. The lowest BCUT2D eigenvalue weighted by molar-refractivity contribution is -0.384. The van der Waals surface area contributed by atoms with E-state index in [-0.39, 0.29) is 17.6 Å². The normalized spacial score (nSPS) is 17.1. The van der Waals surface area contributed by atoms with Gasteiger partial charge in [-0.3, -0.25) is 19.7 Å². The van der Waals surface area contributed by atoms with Crippen LogP contribution in [-0.4, -0.2) is 29.9 Å². The third-order valence-electron chi connectivity index (χ3n) is 6.41. The lowest BCUT2D eigenvalue weighted by Crippen LogP contribution is -2.51. The van der Waals surface area contributed by atoms with Crippen molar-refractivity contribution in [1.82, 2.24) is 5.32 Å². The molecule has 1 aliphatic rings. The number of hydrogen-bond acceptors (Lipinski definition) is 5. The van der Waals surface area contributed by atoms with Crippen molar-refractivity contribution in [3.8, 4) is 5.75 Å². The van der Waals surface area contributed by atoms with E-state index in [9.17, 15) is 19.7 Å². The van der Waals surface area contributed by atoms with E-state index in [0.717, 1.165) is 32.1 Å². The van der Waals surface area contributed by atoms with Crippen LogP contribution in [0, 0.1) is 10.1 Å². The molecule has 0 spiro atoms. The number of nitrogens with zero attached hydrogens (tertiary/aromatic N) is 1. The van der Waals surface area contributed by atoms with Gasteiger partial charge in [0.25, 0.3) is 5.69 Å². The lowest BCUT2D eigenvalue weighted by atomic mass is 9.67. The Morgan fingerprint density at radius 1 is 1.16 bits per heavy atom. The van der Waals surface area contributed by atoms with E-state index in [2.05, 4.69) is 5.32 Å². The highest BCUT2D eigenvalue weighted by Gasteiger charge is 2.47. The Labute approximate surface area is 187 Å². The summed E-state index contributed by atoms with van der Waals surface area (Å²) in [4.78, 5) is 37.1. The van der Waals surface area contributed by atoms with Crippen LogP contribution in [0.25, 0.3) is 0 Å². The van der Waals surface area contributed by atoms with Crippen LogP contribution in [0.15, 0.2) is 48.5 Å². The largest absolute Gasteiger partial charge is 0.497 e. The van der Waals surface area contributed by atoms with Gasteiger partial charge in [-0.1, -0.05) is 43.5 Å². The van der Waals surface area contributed by atoms with E-state index in [1.165, 1.54) is 31.4 Å². The maximum Gasteiger partial charge on any atom is 0.269 e. The van der Waals surface area contributed by atoms with Gasteiger partial charge in [0.15, 0.2) is 0 Å². The number of nitrogens with one attached hydrogen (secondary N) is 1. The Morgan fingerprint density at radius 3 is 2.38 bits per heavy atom. The second-order valence-electron chi connectivity index (χ2n) is 8.42. The molecule has 2 unspecified atom stereocenters. The minimum Gasteiger partial charge on any atom is -0.497 e. The molecule has 8 nitrogen and oxygen atoms in total. The minimum atomic E-state index is -1.44. The molecule has 0 aromatic heterocycles. The number of amides is 2. The van der Waals surface area contributed by atoms with E-state index >= 15 is 0 Å². The number of nitrogens with two attached hydrogens (primary N) is 1. The molecule has 0 bridgehead atoms. The summed E-state index contributed by atoms with van der Waals surface area (Å²) in [7, 11) is 1.53. The number of rotatable bonds is 8. The van der Waals surface area contributed by atoms with Gasteiger partial charge in [0.05, 0.1) is 23.4 Å². The van der Waals surface area contributed by atoms with Crippen LogP contribution in [0.1, 0.15) is 56.1 Å². The number of methoxy groups -OCH3 is 1. The Bertz CT molecular complexity index is 985. The van der Waals surface area contributed by atoms with Crippen LogP contribution in [0.5, 0.6) is 5.75 Å². The first-order valence-corrected chi connectivity index (χ1v) is 10.8. The highest BCUT2D eigenvalue weighted by atomic mass is 16.6. The molecule has 3 N–H and O–H groups in total. The first-order valence-electron chi connectivity index (χ1n) is 10.8. The molecule has 8 heteroatoms. The fourth-order valence-corrected chi connectivity index (χ4v) is 4.48. The third-order valence-corrected chi connectivity index (χ3v) is 6.41. The highest BCUT2D eigenvalue weighted by molar-refractivity contribution is 5.97. The molecule has 2 aromatic carbocycles. The van der Waals surface area contributed by atoms with Crippen LogP contribution < -0.4 is 15.8 Å². The molecule has 2 atom stereocenters. The predicted molar refractivity (Wildman–Crippen MR) is 120 cm³/mol. The smallest absolute Gasteiger partial charge is 0.269 e. The zero-order valence-electron chi connectivity index (χ0n) is 18.4. The monoisotopic (exact) mass is 439 g/mol. The van der Waals surface area contributed by atoms with Gasteiger partial charge in [-0.2, -0.15) is 0 Å². The van der Waals surface area contributed by atoms with Crippen molar-refractivity contribution in [1.29, 1.82) is 0 Å². The Kier molecular flexibility index (Phi) is 7.12. The van der Waals surface area contributed by atoms with Crippen LogP contribution in [0.4, 0.5) is 5.69 Å². The summed E-state index contributed by atoms with van der Waals surface area (Å²) in [6.07, 6.45) is 5.02. The number of ether oxygens (including phenoxy) is 1. The van der Waals surface area contributed by atoms with Crippen molar-refractivity contribution in [3.63, 3.8) is 0 Å². The number of nitro groups is 1. The van der Waals surface area contributed by atoms with Crippen molar-refractivity contribution in [3.05, 3.63) is 69.8 Å². The van der Waals surface area contributed by atoms with Gasteiger partial charge in [-0.25, -0.2) is 0 Å². The lowest BCUT2D eigenvalue weighted by Gasteiger charge is -2.36. The maximum atomic E-state index is 13.6. The van der Waals surface area contributed by atoms with E-state index < -0.39 is 22.2 Å². The van der Waals surface area contributed by atoms with Gasteiger partial charge in [-0.15, -0.1) is 0 Å². The van der Waals surface area contributed by atoms with E-state index in [0.29, 0.717) is 16.9 Å². The fraction of sp³-hybridized carbons (Fsp3) is 0.417. The maximum absolute atomic E-state index is 13.6. The molecule has 2 amide bonds. The average Bonchev–Trinajstić information content (AvgIpc) is 2.79. The molecule has 1 fully saturated rings. The summed E-state index contributed by atoms with van der Waals surface area (Å²) in [6.45, 7) is 1.61. The molecule has 0 saturated heterocycles. The number of benzene rings is 2. The number of carbonyl (C=O) groups is 2. The third kappa shape index (κ3) is 4.74. The summed E-state index contributed by atoms with van der Waals surface area (Å²) in [5.41, 5.74) is 5.36. The second-order valence-corrected chi connectivity index (χ2v) is 8.42. The Morgan fingerprint density at radius 2 is 1.81 bits per heavy atom. The van der Waals surface area contributed by atoms with Crippen LogP contribution in [0.2, 0.25) is 0 Å². The predicted octanol–water partition coefficient (Wildman–Crippen LogP) is 3.58. The van der Waals surface area contributed by atoms with Crippen molar-refractivity contribution in [2.75, 3.05) is 7.11 Å². The quantitative estimate of drug-likeness (QED) is 0.480. The molecule has 0 aliphatic heterocycles. The SMILES string of the molecule is COc1cccc(C(C(=O)NC2CCCCC2)C(C)(C(N)=O)c2ccc([N+](=O)[O-])cc2)c1. The molecule has 1 aliphatic carbocycles. The van der Waals surface area contributed by atoms with E-state index in [1.54, 1.807) is 31.2 Å². The number of nitro benzene ring substituents is 1. The molecule has 3 rings (SSSR count). The van der Waals surface area contributed by atoms with Crippen LogP contribution >= 0.6 is 0 Å². The standard InChI is InChI=1S/C24H29N3O5/c1-24(23(25)29,17-11-13-19(14-12-17)27(30)31)21(16-7-6-10-20(15-16)32-2)22(28)26-18-8-4-3-5-9-18/h6-7,10-15,18,21H,3-5,8-9H2,1-2H3,(H2,25,29)(H,26,28). The minimum absolute atomic E-state index is 0.0401. The molecule has 1 saturated carbocycles. The van der Waals surface area contributed by atoms with Crippen molar-refractivity contribution >= 4 is 17.5 Å². The number of carbonyl (C=O) groups excluding carboxylic acids is 2. The molecular weight excluding hydrogens is 410 g/mol. The van der Waals surface area contributed by atoms with E-state index in [4.69, 9.17) is 10.5 Å². The molecule has 0 radical (unpaired) electrons. The van der Waals surface area contributed by atoms with Gasteiger partial charge < -0.3 is 15.8 Å². The number of hydrogen-bond donors (Lipinski definition) is 2. The van der Waals surface area contributed by atoms with Gasteiger partial charge >= 0.3 is 0 Å². The summed E-state index contributed by atoms with van der Waals surface area (Å²) < 4.78 is 5.33. The van der Waals surface area contributed by atoms with Gasteiger partial charge in [-0.05, 0) is 43.0 Å². The first kappa shape index (κ1) is 23.2. The van der Waals surface area contributed by atoms with Crippen molar-refractivity contribution in [2.45, 2.75) is 56.4 Å². The van der Waals surface area contributed by atoms with Crippen molar-refractivity contribution < 1.29 is 19.2 Å². The molecule has 2 aromatic rings. The van der Waals surface area contributed by atoms with Gasteiger partial charge in [0, 0.05) is 18.2 Å². The topological polar surface area (TPSA) is 125 Å². The highest BCUT2D eigenvalue weighted by Crippen LogP contribution is 2.41. The molecule has 32 heavy (non-hydrogen) atoms. The fourth-order valence-electron chi connectivity index (χ4n) is 4.48. The average molecular weight is 440 g/mol. The summed E-state index contributed by atoms with van der Waals surface area (Å²) in [6, 6.07) is 12.7. The molecular formula is C24H29N3O5. The Balaban J connectivity index is 2.09.